The largest absolute Gasteiger partial charge is 0.355 e. The minimum absolute atomic E-state index is 0.388. The van der Waals surface area contributed by atoms with Crippen LogP contribution in [-0.4, -0.2) is 37.6 Å². The molecule has 0 radical (unpaired) electrons. The van der Waals surface area contributed by atoms with Gasteiger partial charge in [-0.15, -0.1) is 0 Å². The maximum Gasteiger partial charge on any atom is 0.147 e. The Morgan fingerprint density at radius 2 is 1.82 bits per heavy atom. The van der Waals surface area contributed by atoms with Crippen LogP contribution in [0.4, 0.5) is 5.82 Å². The van der Waals surface area contributed by atoms with Crippen molar-refractivity contribution in [1.29, 1.82) is 0 Å². The second-order valence-corrected chi connectivity index (χ2v) is 7.27. The smallest absolute Gasteiger partial charge is 0.147 e. The molecule has 1 fully saturated rings. The summed E-state index contributed by atoms with van der Waals surface area (Å²) in [5.74, 6) is 2.49. The summed E-state index contributed by atoms with van der Waals surface area (Å²) < 4.78 is 2.26. The third kappa shape index (κ3) is 3.33. The summed E-state index contributed by atoms with van der Waals surface area (Å²) in [6, 6.07) is 12.1. The Labute approximate surface area is 163 Å². The molecular weight excluding hydrogens is 348 g/mol. The zero-order valence-corrected chi connectivity index (χ0v) is 15.6. The highest BCUT2D eigenvalue weighted by Gasteiger charge is 2.25. The van der Waals surface area contributed by atoms with Crippen LogP contribution in [0.15, 0.2) is 67.4 Å². The molecule has 3 aromatic heterocycles. The van der Waals surface area contributed by atoms with Crippen molar-refractivity contribution in [3.63, 3.8) is 0 Å². The Morgan fingerprint density at radius 1 is 0.964 bits per heavy atom. The van der Waals surface area contributed by atoms with E-state index in [2.05, 4.69) is 37.8 Å². The first-order chi connectivity index (χ1) is 13.9. The fraction of sp³-hybridized carbons (Fsp3) is 0.273. The van der Waals surface area contributed by atoms with Crippen LogP contribution in [0.5, 0.6) is 0 Å². The SMILES string of the molecule is c1ccc2nc(N3CCC[C@H](c4nccn4Cc4ccncc4)C3)cnc2c1. The number of aromatic nitrogens is 5. The molecule has 4 aromatic rings. The van der Waals surface area contributed by atoms with Crippen molar-refractivity contribution in [2.45, 2.75) is 25.3 Å². The molecule has 0 bridgehead atoms. The van der Waals surface area contributed by atoms with E-state index < -0.39 is 0 Å². The number of nitrogens with zero attached hydrogens (tertiary/aromatic N) is 6. The molecule has 1 aliphatic rings. The third-order valence-electron chi connectivity index (χ3n) is 5.40. The molecule has 5 rings (SSSR count). The lowest BCUT2D eigenvalue weighted by atomic mass is 9.97. The van der Waals surface area contributed by atoms with Crippen molar-refractivity contribution in [2.75, 3.05) is 18.0 Å². The minimum Gasteiger partial charge on any atom is -0.355 e. The fourth-order valence-corrected chi connectivity index (χ4v) is 3.99. The normalized spacial score (nSPS) is 17.1. The second-order valence-electron chi connectivity index (χ2n) is 7.27. The Kier molecular flexibility index (Phi) is 4.45. The summed E-state index contributed by atoms with van der Waals surface area (Å²) in [6.45, 7) is 2.75. The number of hydrogen-bond donors (Lipinski definition) is 0. The van der Waals surface area contributed by atoms with E-state index in [1.807, 2.05) is 49.1 Å². The van der Waals surface area contributed by atoms with Crippen molar-refractivity contribution in [3.05, 3.63) is 78.8 Å². The molecule has 6 heteroatoms. The number of fused-ring (bicyclic) bond motifs is 1. The molecule has 0 amide bonds. The van der Waals surface area contributed by atoms with E-state index in [4.69, 9.17) is 9.97 Å². The predicted octanol–water partition coefficient (Wildman–Crippen LogP) is 3.65. The van der Waals surface area contributed by atoms with Crippen molar-refractivity contribution >= 4 is 16.9 Å². The monoisotopic (exact) mass is 370 g/mol. The van der Waals surface area contributed by atoms with Crippen molar-refractivity contribution in [3.8, 4) is 0 Å². The Bertz CT molecular complexity index is 1070. The maximum absolute atomic E-state index is 4.83. The second kappa shape index (κ2) is 7.38. The topological polar surface area (TPSA) is 59.7 Å². The Hall–Kier alpha value is -3.28. The number of imidazole rings is 1. The van der Waals surface area contributed by atoms with Gasteiger partial charge in [-0.2, -0.15) is 0 Å². The van der Waals surface area contributed by atoms with Crippen LogP contribution in [0, 0.1) is 0 Å². The first-order valence-electron chi connectivity index (χ1n) is 9.73. The number of rotatable bonds is 4. The van der Waals surface area contributed by atoms with Crippen LogP contribution in [0.2, 0.25) is 0 Å². The first kappa shape index (κ1) is 16.9. The summed E-state index contributed by atoms with van der Waals surface area (Å²) >= 11 is 0. The zero-order chi connectivity index (χ0) is 18.8. The molecule has 6 nitrogen and oxygen atoms in total. The van der Waals surface area contributed by atoms with Crippen LogP contribution < -0.4 is 4.90 Å². The van der Waals surface area contributed by atoms with Gasteiger partial charge in [-0.05, 0) is 42.7 Å². The van der Waals surface area contributed by atoms with Gasteiger partial charge in [0.15, 0.2) is 0 Å². The van der Waals surface area contributed by atoms with Crippen LogP contribution in [0.1, 0.15) is 30.1 Å². The summed E-state index contributed by atoms with van der Waals surface area (Å²) in [5.41, 5.74) is 3.12. The van der Waals surface area contributed by atoms with E-state index in [1.165, 1.54) is 5.56 Å². The van der Waals surface area contributed by atoms with E-state index in [0.717, 1.165) is 55.2 Å². The van der Waals surface area contributed by atoms with E-state index in [0.29, 0.717) is 5.92 Å². The number of pyridine rings is 1. The molecular formula is C22H22N6. The van der Waals surface area contributed by atoms with Gasteiger partial charge < -0.3 is 9.47 Å². The maximum atomic E-state index is 4.83. The van der Waals surface area contributed by atoms with Crippen LogP contribution in [0.25, 0.3) is 11.0 Å². The molecule has 1 aromatic carbocycles. The van der Waals surface area contributed by atoms with E-state index in [-0.39, 0.29) is 0 Å². The van der Waals surface area contributed by atoms with Gasteiger partial charge in [0.05, 0.1) is 17.2 Å². The Balaban J connectivity index is 1.38. The molecule has 0 aliphatic carbocycles. The number of hydrogen-bond acceptors (Lipinski definition) is 5. The molecule has 4 heterocycles. The summed E-state index contributed by atoms with van der Waals surface area (Å²) in [5, 5.41) is 0. The summed E-state index contributed by atoms with van der Waals surface area (Å²) in [6.07, 6.45) is 11.8. The average molecular weight is 370 g/mol. The number of para-hydroxylation sites is 2. The molecule has 0 N–H and O–H groups in total. The molecule has 1 atom stereocenters. The molecule has 0 saturated carbocycles. The lowest BCUT2D eigenvalue weighted by Gasteiger charge is -2.33. The molecule has 1 saturated heterocycles. The quantitative estimate of drug-likeness (QED) is 0.549. The standard InChI is InChI=1S/C22H22N6/c1-2-6-20-19(5-1)25-14-21(26-20)27-12-3-4-18(16-27)22-24-11-13-28(22)15-17-7-9-23-10-8-17/h1-2,5-11,13-14,18H,3-4,12,15-16H2/t18-/m0/s1. The summed E-state index contributed by atoms with van der Waals surface area (Å²) in [7, 11) is 0. The van der Waals surface area contributed by atoms with Crippen LogP contribution in [0.3, 0.4) is 0 Å². The van der Waals surface area contributed by atoms with Crippen molar-refractivity contribution in [2.24, 2.45) is 0 Å². The minimum atomic E-state index is 0.388. The molecule has 140 valence electrons. The lowest BCUT2D eigenvalue weighted by molar-refractivity contribution is 0.474. The van der Waals surface area contributed by atoms with Gasteiger partial charge in [-0.3, -0.25) is 9.97 Å². The first-order valence-corrected chi connectivity index (χ1v) is 9.73. The van der Waals surface area contributed by atoms with Crippen LogP contribution in [-0.2, 0) is 6.54 Å². The Morgan fingerprint density at radius 3 is 2.71 bits per heavy atom. The third-order valence-corrected chi connectivity index (χ3v) is 5.40. The van der Waals surface area contributed by atoms with Gasteiger partial charge in [-0.25, -0.2) is 9.97 Å². The highest BCUT2D eigenvalue weighted by molar-refractivity contribution is 5.75. The fourth-order valence-electron chi connectivity index (χ4n) is 3.99. The van der Waals surface area contributed by atoms with Gasteiger partial charge in [0.1, 0.15) is 11.6 Å². The van der Waals surface area contributed by atoms with E-state index >= 15 is 0 Å². The lowest BCUT2D eigenvalue weighted by Crippen LogP contribution is -2.36. The molecule has 1 aliphatic heterocycles. The van der Waals surface area contributed by atoms with Gasteiger partial charge in [0.2, 0.25) is 0 Å². The van der Waals surface area contributed by atoms with Gasteiger partial charge >= 0.3 is 0 Å². The highest BCUT2D eigenvalue weighted by atomic mass is 15.2. The van der Waals surface area contributed by atoms with Gasteiger partial charge in [0.25, 0.3) is 0 Å². The molecule has 0 spiro atoms. The highest BCUT2D eigenvalue weighted by Crippen LogP contribution is 2.29. The number of piperidine rings is 1. The molecule has 0 unspecified atom stereocenters. The number of anilines is 1. The van der Waals surface area contributed by atoms with Crippen molar-refractivity contribution in [1.82, 2.24) is 24.5 Å². The number of benzene rings is 1. The van der Waals surface area contributed by atoms with Crippen molar-refractivity contribution < 1.29 is 0 Å². The zero-order valence-electron chi connectivity index (χ0n) is 15.6. The van der Waals surface area contributed by atoms with Crippen LogP contribution >= 0.6 is 0 Å². The molecule has 28 heavy (non-hydrogen) atoms. The van der Waals surface area contributed by atoms with Gasteiger partial charge in [-0.1, -0.05) is 12.1 Å². The van der Waals surface area contributed by atoms with E-state index in [9.17, 15) is 0 Å². The summed E-state index contributed by atoms with van der Waals surface area (Å²) in [4.78, 5) is 20.6. The van der Waals surface area contributed by atoms with Gasteiger partial charge in [0, 0.05) is 50.3 Å². The average Bonchev–Trinajstić information content (AvgIpc) is 3.22. The predicted molar refractivity (Wildman–Crippen MR) is 109 cm³/mol. The van der Waals surface area contributed by atoms with E-state index in [1.54, 1.807) is 0 Å².